The molecule has 1 rings (SSSR count). The molecule has 0 saturated heterocycles. The van der Waals surface area contributed by atoms with E-state index in [0.717, 1.165) is 0 Å². The topological polar surface area (TPSA) is 37.3 Å². The summed E-state index contributed by atoms with van der Waals surface area (Å²) in [5.41, 5.74) is 0. The van der Waals surface area contributed by atoms with Crippen molar-refractivity contribution >= 4 is 5.78 Å². The van der Waals surface area contributed by atoms with E-state index < -0.39 is 6.10 Å². The van der Waals surface area contributed by atoms with Crippen LogP contribution in [0.2, 0.25) is 0 Å². The zero-order valence-electron chi connectivity index (χ0n) is 5.66. The van der Waals surface area contributed by atoms with Crippen molar-refractivity contribution in [1.29, 1.82) is 0 Å². The Morgan fingerprint density at radius 3 is 3.00 bits per heavy atom. The largest absolute Gasteiger partial charge is 0.388 e. The second-order valence-corrected chi connectivity index (χ2v) is 2.42. The van der Waals surface area contributed by atoms with E-state index in [2.05, 4.69) is 6.58 Å². The number of carbonyl (C=O) groups is 1. The summed E-state index contributed by atoms with van der Waals surface area (Å²) in [7, 11) is 0. The molecule has 0 saturated carbocycles. The van der Waals surface area contributed by atoms with Crippen LogP contribution >= 0.6 is 0 Å². The summed E-state index contributed by atoms with van der Waals surface area (Å²) in [6.07, 6.45) is 4.42. The summed E-state index contributed by atoms with van der Waals surface area (Å²) in [6, 6.07) is 0. The minimum atomic E-state index is -0.518. The van der Waals surface area contributed by atoms with Gasteiger partial charge in [-0.15, -0.1) is 6.58 Å². The summed E-state index contributed by atoms with van der Waals surface area (Å²) in [4.78, 5) is 10.7. The monoisotopic (exact) mass is 138 g/mol. The molecule has 2 heteroatoms. The summed E-state index contributed by atoms with van der Waals surface area (Å²) in [6.45, 7) is 3.52. The van der Waals surface area contributed by atoms with E-state index in [1.165, 1.54) is 12.2 Å². The van der Waals surface area contributed by atoms with Gasteiger partial charge in [-0.2, -0.15) is 0 Å². The minimum Gasteiger partial charge on any atom is -0.388 e. The van der Waals surface area contributed by atoms with E-state index in [4.69, 9.17) is 0 Å². The quantitative estimate of drug-likeness (QED) is 0.541. The van der Waals surface area contributed by atoms with E-state index in [-0.39, 0.29) is 11.7 Å². The highest BCUT2D eigenvalue weighted by molar-refractivity contribution is 5.91. The van der Waals surface area contributed by atoms with E-state index in [1.54, 1.807) is 6.08 Å². The lowest BCUT2D eigenvalue weighted by molar-refractivity contribution is -0.116. The van der Waals surface area contributed by atoms with Crippen molar-refractivity contribution in [2.24, 2.45) is 5.92 Å². The van der Waals surface area contributed by atoms with Crippen molar-refractivity contribution in [1.82, 2.24) is 0 Å². The molecule has 2 atom stereocenters. The van der Waals surface area contributed by atoms with Crippen LogP contribution < -0.4 is 0 Å². The highest BCUT2D eigenvalue weighted by atomic mass is 16.3. The molecule has 0 aromatic heterocycles. The first-order chi connectivity index (χ1) is 4.74. The maximum absolute atomic E-state index is 10.7. The molecule has 0 spiro atoms. The van der Waals surface area contributed by atoms with Gasteiger partial charge in [0, 0.05) is 12.3 Å². The molecule has 0 aromatic carbocycles. The van der Waals surface area contributed by atoms with E-state index in [1.807, 2.05) is 0 Å². The molecular weight excluding hydrogens is 128 g/mol. The first-order valence-corrected chi connectivity index (χ1v) is 3.25. The van der Waals surface area contributed by atoms with Gasteiger partial charge in [0.1, 0.15) is 0 Å². The van der Waals surface area contributed by atoms with Crippen molar-refractivity contribution < 1.29 is 9.90 Å². The van der Waals surface area contributed by atoms with Crippen LogP contribution in [0.25, 0.3) is 0 Å². The van der Waals surface area contributed by atoms with Crippen LogP contribution in [-0.4, -0.2) is 17.0 Å². The van der Waals surface area contributed by atoms with Crippen LogP contribution in [0.15, 0.2) is 24.8 Å². The van der Waals surface area contributed by atoms with Crippen molar-refractivity contribution in [3.63, 3.8) is 0 Å². The third kappa shape index (κ3) is 1.33. The molecule has 2 nitrogen and oxygen atoms in total. The molecule has 1 N–H and O–H groups in total. The van der Waals surface area contributed by atoms with Crippen molar-refractivity contribution in [2.75, 3.05) is 0 Å². The standard InChI is InChI=1S/C8H10O2/c1-2-6-5-7(9)3-4-8(6)10/h2-4,6,8,10H,1,5H2. The molecule has 1 aliphatic rings. The van der Waals surface area contributed by atoms with Crippen molar-refractivity contribution in [3.8, 4) is 0 Å². The van der Waals surface area contributed by atoms with Crippen LogP contribution in [0.1, 0.15) is 6.42 Å². The normalized spacial score (nSPS) is 32.3. The van der Waals surface area contributed by atoms with Gasteiger partial charge in [-0.05, 0) is 6.08 Å². The average molecular weight is 138 g/mol. The van der Waals surface area contributed by atoms with Gasteiger partial charge >= 0.3 is 0 Å². The zero-order valence-corrected chi connectivity index (χ0v) is 5.66. The Balaban J connectivity index is 2.70. The minimum absolute atomic E-state index is 0.0650. The maximum Gasteiger partial charge on any atom is 0.156 e. The molecule has 2 unspecified atom stereocenters. The Bertz CT molecular complexity index is 182. The fourth-order valence-corrected chi connectivity index (χ4v) is 0.992. The second-order valence-electron chi connectivity index (χ2n) is 2.42. The molecule has 0 fully saturated rings. The number of rotatable bonds is 1. The van der Waals surface area contributed by atoms with Crippen molar-refractivity contribution in [3.05, 3.63) is 24.8 Å². The molecular formula is C8H10O2. The Morgan fingerprint density at radius 2 is 2.50 bits per heavy atom. The fourth-order valence-electron chi connectivity index (χ4n) is 0.992. The number of carbonyl (C=O) groups excluding carboxylic acids is 1. The Kier molecular flexibility index (Phi) is 2.02. The Hall–Kier alpha value is -0.890. The zero-order chi connectivity index (χ0) is 7.56. The number of aliphatic hydroxyl groups excluding tert-OH is 1. The molecule has 0 aliphatic heterocycles. The molecule has 0 heterocycles. The van der Waals surface area contributed by atoms with Crippen LogP contribution in [-0.2, 0) is 4.79 Å². The van der Waals surface area contributed by atoms with E-state index in [9.17, 15) is 9.90 Å². The smallest absolute Gasteiger partial charge is 0.156 e. The number of aliphatic hydroxyl groups is 1. The Morgan fingerprint density at radius 1 is 1.80 bits per heavy atom. The summed E-state index contributed by atoms with van der Waals surface area (Å²) >= 11 is 0. The predicted octanol–water partition coefficient (Wildman–Crippen LogP) is 0.678. The number of hydrogen-bond acceptors (Lipinski definition) is 2. The average Bonchev–Trinajstić information content (AvgIpc) is 1.94. The lowest BCUT2D eigenvalue weighted by atomic mass is 9.91. The van der Waals surface area contributed by atoms with Gasteiger partial charge in [-0.1, -0.05) is 12.2 Å². The van der Waals surface area contributed by atoms with Crippen LogP contribution in [0.4, 0.5) is 0 Å². The van der Waals surface area contributed by atoms with Gasteiger partial charge in [0.05, 0.1) is 6.10 Å². The van der Waals surface area contributed by atoms with Crippen LogP contribution in [0, 0.1) is 5.92 Å². The molecule has 10 heavy (non-hydrogen) atoms. The van der Waals surface area contributed by atoms with E-state index >= 15 is 0 Å². The van der Waals surface area contributed by atoms with Crippen LogP contribution in [0.5, 0.6) is 0 Å². The van der Waals surface area contributed by atoms with Gasteiger partial charge in [-0.25, -0.2) is 0 Å². The number of allylic oxidation sites excluding steroid dienone is 1. The summed E-state index contributed by atoms with van der Waals surface area (Å²) in [5.74, 6) is -0.0206. The SMILES string of the molecule is C=CC1CC(=O)C=CC1O. The van der Waals surface area contributed by atoms with Crippen molar-refractivity contribution in [2.45, 2.75) is 12.5 Å². The second kappa shape index (κ2) is 2.80. The lowest BCUT2D eigenvalue weighted by Gasteiger charge is -2.18. The molecule has 0 radical (unpaired) electrons. The summed E-state index contributed by atoms with van der Waals surface area (Å²) in [5, 5.41) is 9.18. The van der Waals surface area contributed by atoms with Gasteiger partial charge in [0.2, 0.25) is 0 Å². The highest BCUT2D eigenvalue weighted by Crippen LogP contribution is 2.16. The molecule has 0 bridgehead atoms. The van der Waals surface area contributed by atoms with Gasteiger partial charge in [0.25, 0.3) is 0 Å². The third-order valence-corrected chi connectivity index (χ3v) is 1.66. The van der Waals surface area contributed by atoms with E-state index in [0.29, 0.717) is 6.42 Å². The predicted molar refractivity (Wildman–Crippen MR) is 38.5 cm³/mol. The molecule has 54 valence electrons. The number of ketones is 1. The Labute approximate surface area is 59.9 Å². The first kappa shape index (κ1) is 7.22. The van der Waals surface area contributed by atoms with Crippen LogP contribution in [0.3, 0.4) is 0 Å². The summed E-state index contributed by atoms with van der Waals surface area (Å²) < 4.78 is 0. The molecule has 1 aliphatic carbocycles. The van der Waals surface area contributed by atoms with Gasteiger partial charge in [-0.3, -0.25) is 4.79 Å². The first-order valence-electron chi connectivity index (χ1n) is 3.25. The van der Waals surface area contributed by atoms with Gasteiger partial charge in [0.15, 0.2) is 5.78 Å². The maximum atomic E-state index is 10.7. The number of hydrogen-bond donors (Lipinski definition) is 1. The van der Waals surface area contributed by atoms with Gasteiger partial charge < -0.3 is 5.11 Å². The molecule has 0 aromatic rings. The fraction of sp³-hybridized carbons (Fsp3) is 0.375. The lowest BCUT2D eigenvalue weighted by Crippen LogP contribution is -2.22. The third-order valence-electron chi connectivity index (χ3n) is 1.66. The molecule has 0 amide bonds. The highest BCUT2D eigenvalue weighted by Gasteiger charge is 2.19.